The molecule has 1 unspecified atom stereocenters. The maximum Gasteiger partial charge on any atom is 0.178 e. The molecule has 1 N–H and O–H groups in total. The molecule has 1 aliphatic heterocycles. The summed E-state index contributed by atoms with van der Waals surface area (Å²) in [6, 6.07) is 6.68. The van der Waals surface area contributed by atoms with Gasteiger partial charge < -0.3 is 10.1 Å². The lowest BCUT2D eigenvalue weighted by Crippen LogP contribution is -2.18. The Kier molecular flexibility index (Phi) is 4.24. The van der Waals surface area contributed by atoms with Gasteiger partial charge in [-0.15, -0.1) is 0 Å². The quantitative estimate of drug-likeness (QED) is 0.879. The Labute approximate surface area is 108 Å². The van der Waals surface area contributed by atoms with Crippen molar-refractivity contribution in [1.82, 2.24) is 5.32 Å². The van der Waals surface area contributed by atoms with Gasteiger partial charge >= 0.3 is 0 Å². The van der Waals surface area contributed by atoms with Crippen LogP contribution in [0.5, 0.6) is 5.75 Å². The molecule has 1 aromatic carbocycles. The molecule has 0 bridgehead atoms. The van der Waals surface area contributed by atoms with E-state index in [9.17, 15) is 8.42 Å². The van der Waals surface area contributed by atoms with Crippen LogP contribution in [0.3, 0.4) is 0 Å². The molecule has 1 atom stereocenters. The van der Waals surface area contributed by atoms with E-state index >= 15 is 0 Å². The molecular formula is C13H19NO3S. The van der Waals surface area contributed by atoms with Crippen LogP contribution < -0.4 is 10.1 Å². The van der Waals surface area contributed by atoms with E-state index in [0.717, 1.165) is 19.5 Å². The van der Waals surface area contributed by atoms with Crippen LogP contribution >= 0.6 is 0 Å². The largest absolute Gasteiger partial charge is 0.494 e. The van der Waals surface area contributed by atoms with E-state index in [-0.39, 0.29) is 11.7 Å². The average molecular weight is 269 g/mol. The Morgan fingerprint density at radius 2 is 2.06 bits per heavy atom. The maximum absolute atomic E-state index is 12.2. The number of rotatable bonds is 5. The first-order chi connectivity index (χ1) is 8.62. The van der Waals surface area contributed by atoms with Crippen molar-refractivity contribution in [2.24, 2.45) is 5.92 Å². The summed E-state index contributed by atoms with van der Waals surface area (Å²) < 4.78 is 29.7. The van der Waals surface area contributed by atoms with Crippen LogP contribution in [-0.4, -0.2) is 33.9 Å². The summed E-state index contributed by atoms with van der Waals surface area (Å²) in [6.07, 6.45) is 0.941. The minimum Gasteiger partial charge on any atom is -0.494 e. The van der Waals surface area contributed by atoms with Crippen molar-refractivity contribution in [3.05, 3.63) is 24.3 Å². The molecule has 4 nitrogen and oxygen atoms in total. The van der Waals surface area contributed by atoms with E-state index in [1.54, 1.807) is 24.3 Å². The fraction of sp³-hybridized carbons (Fsp3) is 0.538. The first-order valence-corrected chi connectivity index (χ1v) is 7.93. The fourth-order valence-corrected chi connectivity index (χ4v) is 3.82. The van der Waals surface area contributed by atoms with Crippen LogP contribution in [0.25, 0.3) is 0 Å². The van der Waals surface area contributed by atoms with Crippen LogP contribution in [-0.2, 0) is 9.84 Å². The van der Waals surface area contributed by atoms with E-state index in [4.69, 9.17) is 4.74 Å². The highest BCUT2D eigenvalue weighted by Crippen LogP contribution is 2.20. The van der Waals surface area contributed by atoms with Crippen molar-refractivity contribution in [3.63, 3.8) is 0 Å². The van der Waals surface area contributed by atoms with Crippen molar-refractivity contribution in [3.8, 4) is 5.75 Å². The Morgan fingerprint density at radius 1 is 1.33 bits per heavy atom. The van der Waals surface area contributed by atoms with Gasteiger partial charge in [0.2, 0.25) is 0 Å². The summed E-state index contributed by atoms with van der Waals surface area (Å²) in [5.41, 5.74) is 0. The van der Waals surface area contributed by atoms with E-state index in [1.165, 1.54) is 0 Å². The van der Waals surface area contributed by atoms with Crippen molar-refractivity contribution >= 4 is 9.84 Å². The smallest absolute Gasteiger partial charge is 0.178 e. The molecule has 1 aromatic rings. The molecule has 5 heteroatoms. The van der Waals surface area contributed by atoms with Crippen LogP contribution in [0.15, 0.2) is 29.2 Å². The summed E-state index contributed by atoms with van der Waals surface area (Å²) in [6.45, 7) is 4.21. The zero-order valence-electron chi connectivity index (χ0n) is 10.6. The monoisotopic (exact) mass is 269 g/mol. The SMILES string of the molecule is CCOc1ccc(S(=O)(=O)CC2CCNC2)cc1. The first kappa shape index (κ1) is 13.4. The van der Waals surface area contributed by atoms with E-state index in [0.29, 0.717) is 17.3 Å². The Morgan fingerprint density at radius 3 is 2.61 bits per heavy atom. The van der Waals surface area contributed by atoms with Gasteiger partial charge in [0.25, 0.3) is 0 Å². The molecule has 0 radical (unpaired) electrons. The molecule has 1 heterocycles. The molecule has 1 fully saturated rings. The third-order valence-corrected chi connectivity index (χ3v) is 5.01. The zero-order valence-corrected chi connectivity index (χ0v) is 11.4. The lowest BCUT2D eigenvalue weighted by atomic mass is 10.2. The topological polar surface area (TPSA) is 55.4 Å². The van der Waals surface area contributed by atoms with Crippen molar-refractivity contribution < 1.29 is 13.2 Å². The Hall–Kier alpha value is -1.07. The number of nitrogens with one attached hydrogen (secondary N) is 1. The van der Waals surface area contributed by atoms with Gasteiger partial charge in [-0.1, -0.05) is 0 Å². The molecule has 0 aliphatic carbocycles. The standard InChI is InChI=1S/C13H19NO3S/c1-2-17-12-3-5-13(6-4-12)18(15,16)10-11-7-8-14-9-11/h3-6,11,14H,2,7-10H2,1H3. The second kappa shape index (κ2) is 5.71. The van der Waals surface area contributed by atoms with Gasteiger partial charge in [-0.25, -0.2) is 8.42 Å². The highest BCUT2D eigenvalue weighted by Gasteiger charge is 2.23. The molecule has 0 saturated carbocycles. The molecule has 0 aromatic heterocycles. The van der Waals surface area contributed by atoms with Crippen molar-refractivity contribution in [1.29, 1.82) is 0 Å². The van der Waals surface area contributed by atoms with Crippen LogP contribution in [0.4, 0.5) is 0 Å². The van der Waals surface area contributed by atoms with Crippen LogP contribution in [0.1, 0.15) is 13.3 Å². The summed E-state index contributed by atoms with van der Waals surface area (Å²) >= 11 is 0. The second-order valence-electron chi connectivity index (χ2n) is 4.54. The molecule has 18 heavy (non-hydrogen) atoms. The summed E-state index contributed by atoms with van der Waals surface area (Å²) in [4.78, 5) is 0.387. The number of sulfone groups is 1. The summed E-state index contributed by atoms with van der Waals surface area (Å²) in [7, 11) is -3.17. The number of ether oxygens (including phenoxy) is 1. The Bertz CT molecular complexity index is 475. The van der Waals surface area contributed by atoms with Crippen LogP contribution in [0.2, 0.25) is 0 Å². The average Bonchev–Trinajstić information content (AvgIpc) is 2.82. The molecular weight excluding hydrogens is 250 g/mol. The molecule has 100 valence electrons. The van der Waals surface area contributed by atoms with Gasteiger partial charge in [-0.2, -0.15) is 0 Å². The number of benzene rings is 1. The third kappa shape index (κ3) is 3.23. The van der Waals surface area contributed by atoms with E-state index in [1.807, 2.05) is 6.92 Å². The third-order valence-electron chi connectivity index (χ3n) is 3.11. The number of hydrogen-bond donors (Lipinski definition) is 1. The van der Waals surface area contributed by atoms with Gasteiger partial charge in [0.1, 0.15) is 5.75 Å². The van der Waals surface area contributed by atoms with Gasteiger partial charge in [-0.3, -0.25) is 0 Å². The summed E-state index contributed by atoms with van der Waals surface area (Å²) in [5, 5.41) is 3.19. The summed E-state index contributed by atoms with van der Waals surface area (Å²) in [5.74, 6) is 1.18. The van der Waals surface area contributed by atoms with Gasteiger partial charge in [0, 0.05) is 0 Å². The molecule has 1 saturated heterocycles. The van der Waals surface area contributed by atoms with Crippen molar-refractivity contribution in [2.75, 3.05) is 25.4 Å². The number of hydrogen-bond acceptors (Lipinski definition) is 4. The fourth-order valence-electron chi connectivity index (χ4n) is 2.17. The first-order valence-electron chi connectivity index (χ1n) is 6.28. The lowest BCUT2D eigenvalue weighted by molar-refractivity contribution is 0.340. The highest BCUT2D eigenvalue weighted by atomic mass is 32.2. The second-order valence-corrected chi connectivity index (χ2v) is 6.58. The Balaban J connectivity index is 2.08. The minimum absolute atomic E-state index is 0.230. The molecule has 0 amide bonds. The molecule has 1 aliphatic rings. The zero-order chi connectivity index (χ0) is 13.0. The van der Waals surface area contributed by atoms with Gasteiger partial charge in [-0.05, 0) is 56.6 Å². The predicted octanol–water partition coefficient (Wildman–Crippen LogP) is 1.47. The highest BCUT2D eigenvalue weighted by molar-refractivity contribution is 7.91. The normalized spacial score (nSPS) is 19.9. The predicted molar refractivity (Wildman–Crippen MR) is 70.6 cm³/mol. The molecule has 0 spiro atoms. The van der Waals surface area contributed by atoms with E-state index in [2.05, 4.69) is 5.32 Å². The minimum atomic E-state index is -3.17. The van der Waals surface area contributed by atoms with E-state index < -0.39 is 9.84 Å². The maximum atomic E-state index is 12.2. The van der Waals surface area contributed by atoms with Gasteiger partial charge in [0.05, 0.1) is 17.3 Å². The molecule has 2 rings (SSSR count). The van der Waals surface area contributed by atoms with Crippen LogP contribution in [0, 0.1) is 5.92 Å². The van der Waals surface area contributed by atoms with Crippen molar-refractivity contribution in [2.45, 2.75) is 18.2 Å². The van der Waals surface area contributed by atoms with Gasteiger partial charge in [0.15, 0.2) is 9.84 Å². The lowest BCUT2D eigenvalue weighted by Gasteiger charge is -2.10.